The number of nitrogens with one attached hydrogen (secondary N) is 1. The minimum absolute atomic E-state index is 0.157. The van der Waals surface area contributed by atoms with Gasteiger partial charge in [0.05, 0.1) is 19.8 Å². The van der Waals surface area contributed by atoms with E-state index in [4.69, 9.17) is 17.0 Å². The number of aliphatic imine (C=N–C) groups is 1. The van der Waals surface area contributed by atoms with Crippen molar-refractivity contribution in [2.75, 3.05) is 39.4 Å². The number of rotatable bonds is 5. The van der Waals surface area contributed by atoms with Gasteiger partial charge in [0.2, 0.25) is 11.8 Å². The van der Waals surface area contributed by atoms with Crippen molar-refractivity contribution in [3.8, 4) is 0 Å². The van der Waals surface area contributed by atoms with E-state index in [0.29, 0.717) is 6.54 Å². The van der Waals surface area contributed by atoms with Crippen molar-refractivity contribution in [1.29, 1.82) is 0 Å². The molecule has 1 atom stereocenters. The molecular formula is C14H20N4O3S. The van der Waals surface area contributed by atoms with Crippen LogP contribution in [0.2, 0.25) is 0 Å². The molecular weight excluding hydrogens is 304 g/mol. The van der Waals surface area contributed by atoms with E-state index in [1.165, 1.54) is 11.1 Å². The van der Waals surface area contributed by atoms with E-state index in [9.17, 15) is 9.59 Å². The van der Waals surface area contributed by atoms with Crippen LogP contribution in [-0.4, -0.2) is 78.4 Å². The summed E-state index contributed by atoms with van der Waals surface area (Å²) in [5, 5.41) is 2.83. The fourth-order valence-corrected chi connectivity index (χ4v) is 2.96. The average Bonchev–Trinajstić information content (AvgIpc) is 3.32. The lowest BCUT2D eigenvalue weighted by atomic mass is 10.1. The molecule has 8 heteroatoms. The first-order chi connectivity index (χ1) is 10.7. The Morgan fingerprint density at radius 1 is 1.32 bits per heavy atom. The summed E-state index contributed by atoms with van der Waals surface area (Å²) in [7, 11) is 0. The summed E-state index contributed by atoms with van der Waals surface area (Å²) in [5.74, 6) is -1.47. The van der Waals surface area contributed by atoms with E-state index in [1.54, 1.807) is 0 Å². The van der Waals surface area contributed by atoms with E-state index in [1.807, 2.05) is 0 Å². The number of ether oxygens (including phenoxy) is 1. The van der Waals surface area contributed by atoms with Gasteiger partial charge < -0.3 is 10.1 Å². The molecule has 0 unspecified atom stereocenters. The van der Waals surface area contributed by atoms with Crippen molar-refractivity contribution in [2.24, 2.45) is 10.9 Å². The SMILES string of the molecule is O=C1NC(=S)N(C2CC2)C(=O)[C@H]1C=NCCN1CCOCC1. The number of morpholine rings is 1. The molecule has 3 aliphatic rings. The predicted molar refractivity (Wildman–Crippen MR) is 84.7 cm³/mol. The highest BCUT2D eigenvalue weighted by Gasteiger charge is 2.44. The van der Waals surface area contributed by atoms with Gasteiger partial charge in [0, 0.05) is 31.9 Å². The number of thiocarbonyl (C=S) groups is 1. The number of amides is 2. The second kappa shape index (κ2) is 6.80. The Balaban J connectivity index is 1.53. The minimum Gasteiger partial charge on any atom is -0.379 e. The van der Waals surface area contributed by atoms with Gasteiger partial charge in [-0.2, -0.15) is 0 Å². The summed E-state index contributed by atoms with van der Waals surface area (Å²) in [6.45, 7) is 4.70. The van der Waals surface area contributed by atoms with E-state index in [2.05, 4.69) is 15.2 Å². The van der Waals surface area contributed by atoms with E-state index < -0.39 is 5.92 Å². The lowest BCUT2D eigenvalue weighted by Gasteiger charge is -2.31. The van der Waals surface area contributed by atoms with Crippen LogP contribution in [0.1, 0.15) is 12.8 Å². The molecule has 1 aliphatic carbocycles. The van der Waals surface area contributed by atoms with Gasteiger partial charge in [-0.05, 0) is 25.1 Å². The van der Waals surface area contributed by atoms with Gasteiger partial charge in [0.15, 0.2) is 11.0 Å². The highest BCUT2D eigenvalue weighted by Crippen LogP contribution is 2.29. The summed E-state index contributed by atoms with van der Waals surface area (Å²) in [6.07, 6.45) is 3.36. The second-order valence-electron chi connectivity index (χ2n) is 5.72. The van der Waals surface area contributed by atoms with Crippen molar-refractivity contribution in [1.82, 2.24) is 15.1 Å². The maximum absolute atomic E-state index is 12.4. The Morgan fingerprint density at radius 2 is 2.05 bits per heavy atom. The number of carbonyl (C=O) groups is 2. The van der Waals surface area contributed by atoms with Crippen LogP contribution in [0, 0.1) is 5.92 Å². The number of hydrogen-bond acceptors (Lipinski definition) is 6. The lowest BCUT2D eigenvalue weighted by molar-refractivity contribution is -0.138. The summed E-state index contributed by atoms with van der Waals surface area (Å²) in [6, 6.07) is 0.157. The molecule has 0 aromatic rings. The first-order valence-corrected chi connectivity index (χ1v) is 8.05. The van der Waals surface area contributed by atoms with Gasteiger partial charge >= 0.3 is 0 Å². The summed E-state index contributed by atoms with van der Waals surface area (Å²) in [5.41, 5.74) is 0. The van der Waals surface area contributed by atoms with Crippen LogP contribution in [0.3, 0.4) is 0 Å². The standard InChI is InChI=1S/C14H20N4O3S/c19-12-11(9-15-3-4-17-5-7-21-8-6-17)13(20)18(10-1-2-10)14(22)16-12/h9-11H,1-8H2,(H,16,19,22)/t11-/m0/s1. The molecule has 7 nitrogen and oxygen atoms in total. The molecule has 0 spiro atoms. The van der Waals surface area contributed by atoms with Crippen LogP contribution in [-0.2, 0) is 14.3 Å². The summed E-state index contributed by atoms with van der Waals surface area (Å²) >= 11 is 5.08. The normalized spacial score (nSPS) is 27.5. The third-order valence-corrected chi connectivity index (χ3v) is 4.35. The third-order valence-electron chi connectivity index (χ3n) is 4.05. The monoisotopic (exact) mass is 324 g/mol. The molecule has 0 aromatic carbocycles. The highest BCUT2D eigenvalue weighted by molar-refractivity contribution is 7.80. The Kier molecular flexibility index (Phi) is 4.80. The molecule has 0 radical (unpaired) electrons. The molecule has 0 aromatic heterocycles. The zero-order chi connectivity index (χ0) is 15.5. The van der Waals surface area contributed by atoms with Gasteiger partial charge in [0.1, 0.15) is 0 Å². The van der Waals surface area contributed by atoms with Gasteiger partial charge in [-0.25, -0.2) is 0 Å². The molecule has 0 bridgehead atoms. The number of carbonyl (C=O) groups excluding carboxylic acids is 2. The highest BCUT2D eigenvalue weighted by atomic mass is 32.1. The molecule has 3 rings (SSSR count). The molecule has 1 N–H and O–H groups in total. The average molecular weight is 324 g/mol. The van der Waals surface area contributed by atoms with Crippen molar-refractivity contribution in [2.45, 2.75) is 18.9 Å². The first-order valence-electron chi connectivity index (χ1n) is 7.65. The largest absolute Gasteiger partial charge is 0.379 e. The van der Waals surface area contributed by atoms with E-state index in [-0.39, 0.29) is 23.0 Å². The van der Waals surface area contributed by atoms with Crippen LogP contribution >= 0.6 is 12.2 Å². The maximum atomic E-state index is 12.4. The first kappa shape index (κ1) is 15.5. The van der Waals surface area contributed by atoms with E-state index in [0.717, 1.165) is 45.7 Å². The van der Waals surface area contributed by atoms with Gasteiger partial charge in [-0.3, -0.25) is 24.4 Å². The van der Waals surface area contributed by atoms with Crippen LogP contribution in [0.25, 0.3) is 0 Å². The van der Waals surface area contributed by atoms with Crippen molar-refractivity contribution >= 4 is 35.4 Å². The van der Waals surface area contributed by atoms with Gasteiger partial charge in [-0.1, -0.05) is 0 Å². The second-order valence-corrected chi connectivity index (χ2v) is 6.11. The third kappa shape index (κ3) is 3.50. The Morgan fingerprint density at radius 3 is 2.73 bits per heavy atom. The molecule has 2 amide bonds. The summed E-state index contributed by atoms with van der Waals surface area (Å²) < 4.78 is 5.28. The predicted octanol–water partition coefficient (Wildman–Crippen LogP) is -0.589. The molecule has 2 heterocycles. The zero-order valence-electron chi connectivity index (χ0n) is 12.4. The quantitative estimate of drug-likeness (QED) is 0.416. The fraction of sp³-hybridized carbons (Fsp3) is 0.714. The number of hydrogen-bond donors (Lipinski definition) is 1. The van der Waals surface area contributed by atoms with Crippen LogP contribution < -0.4 is 5.32 Å². The number of nitrogens with zero attached hydrogens (tertiary/aromatic N) is 3. The topological polar surface area (TPSA) is 74.2 Å². The maximum Gasteiger partial charge on any atom is 0.247 e. The lowest BCUT2D eigenvalue weighted by Crippen LogP contribution is -2.58. The minimum atomic E-state index is -0.850. The zero-order valence-corrected chi connectivity index (χ0v) is 13.2. The van der Waals surface area contributed by atoms with Crippen LogP contribution in [0.4, 0.5) is 0 Å². The molecule has 2 saturated heterocycles. The molecule has 120 valence electrons. The smallest absolute Gasteiger partial charge is 0.247 e. The van der Waals surface area contributed by atoms with Crippen LogP contribution in [0.5, 0.6) is 0 Å². The Bertz CT molecular complexity index is 500. The van der Waals surface area contributed by atoms with Crippen LogP contribution in [0.15, 0.2) is 4.99 Å². The van der Waals surface area contributed by atoms with Gasteiger partial charge in [0.25, 0.3) is 0 Å². The van der Waals surface area contributed by atoms with Crippen molar-refractivity contribution in [3.05, 3.63) is 0 Å². The molecule has 3 fully saturated rings. The molecule has 1 saturated carbocycles. The van der Waals surface area contributed by atoms with Gasteiger partial charge in [-0.15, -0.1) is 0 Å². The summed E-state index contributed by atoms with van der Waals surface area (Å²) in [4.78, 5) is 32.4. The molecule has 2 aliphatic heterocycles. The Labute approximate surface area is 134 Å². The fourth-order valence-electron chi connectivity index (χ4n) is 2.62. The molecule has 22 heavy (non-hydrogen) atoms. The van der Waals surface area contributed by atoms with Crippen molar-refractivity contribution < 1.29 is 14.3 Å². The van der Waals surface area contributed by atoms with E-state index >= 15 is 0 Å². The Hall–Kier alpha value is -1.38. The van der Waals surface area contributed by atoms with Crippen molar-refractivity contribution in [3.63, 3.8) is 0 Å².